The standard InChI is InChI=1S/C17H24N2O/c1-2-13-12-19-9-8-15(13)10-16(19)11-18-17(20)14-6-4-3-5-7-14/h3-7,13,15-16H,2,8-12H2,1H3,(H,18,20)/t13-,15-,16+/m0/s1. The number of amides is 1. The minimum absolute atomic E-state index is 0.0558. The highest BCUT2D eigenvalue weighted by Crippen LogP contribution is 2.37. The van der Waals surface area contributed by atoms with Gasteiger partial charge in [-0.3, -0.25) is 9.69 Å². The van der Waals surface area contributed by atoms with Gasteiger partial charge in [0.15, 0.2) is 0 Å². The molecule has 3 heteroatoms. The summed E-state index contributed by atoms with van der Waals surface area (Å²) in [6, 6.07) is 10.0. The Morgan fingerprint density at radius 2 is 2.15 bits per heavy atom. The summed E-state index contributed by atoms with van der Waals surface area (Å²) in [6.07, 6.45) is 3.90. The smallest absolute Gasteiger partial charge is 0.251 e. The van der Waals surface area contributed by atoms with Gasteiger partial charge in [-0.25, -0.2) is 0 Å². The summed E-state index contributed by atoms with van der Waals surface area (Å²) in [5.41, 5.74) is 0.759. The summed E-state index contributed by atoms with van der Waals surface area (Å²) >= 11 is 0. The van der Waals surface area contributed by atoms with E-state index in [1.54, 1.807) is 0 Å². The van der Waals surface area contributed by atoms with Gasteiger partial charge in [-0.15, -0.1) is 0 Å². The van der Waals surface area contributed by atoms with Gasteiger partial charge in [0.2, 0.25) is 0 Å². The lowest BCUT2D eigenvalue weighted by atomic mass is 9.74. The molecule has 0 aromatic heterocycles. The molecule has 4 rings (SSSR count). The molecule has 3 saturated heterocycles. The van der Waals surface area contributed by atoms with Crippen molar-refractivity contribution >= 4 is 5.91 Å². The molecule has 3 fully saturated rings. The monoisotopic (exact) mass is 272 g/mol. The molecule has 0 spiro atoms. The van der Waals surface area contributed by atoms with E-state index in [1.807, 2.05) is 30.3 Å². The van der Waals surface area contributed by atoms with Crippen LogP contribution < -0.4 is 5.32 Å². The molecule has 0 radical (unpaired) electrons. The van der Waals surface area contributed by atoms with Crippen LogP contribution in [-0.2, 0) is 0 Å². The average molecular weight is 272 g/mol. The Kier molecular flexibility index (Phi) is 4.06. The van der Waals surface area contributed by atoms with Crippen molar-refractivity contribution < 1.29 is 4.79 Å². The van der Waals surface area contributed by atoms with Crippen LogP contribution in [0, 0.1) is 11.8 Å². The summed E-state index contributed by atoms with van der Waals surface area (Å²) < 4.78 is 0. The van der Waals surface area contributed by atoms with Crippen LogP contribution in [0.15, 0.2) is 30.3 Å². The van der Waals surface area contributed by atoms with Gasteiger partial charge in [-0.05, 0) is 43.4 Å². The van der Waals surface area contributed by atoms with E-state index < -0.39 is 0 Å². The summed E-state index contributed by atoms with van der Waals surface area (Å²) in [6.45, 7) is 5.54. The van der Waals surface area contributed by atoms with Crippen molar-refractivity contribution in [1.82, 2.24) is 10.2 Å². The maximum atomic E-state index is 12.1. The maximum absolute atomic E-state index is 12.1. The maximum Gasteiger partial charge on any atom is 0.251 e. The molecular weight excluding hydrogens is 248 g/mol. The number of nitrogens with one attached hydrogen (secondary N) is 1. The fraction of sp³-hybridized carbons (Fsp3) is 0.588. The predicted octanol–water partition coefficient (Wildman–Crippen LogP) is 2.54. The number of hydrogen-bond acceptors (Lipinski definition) is 2. The number of piperidine rings is 3. The van der Waals surface area contributed by atoms with Crippen LogP contribution in [0.1, 0.15) is 36.5 Å². The zero-order chi connectivity index (χ0) is 13.9. The number of rotatable bonds is 4. The molecule has 108 valence electrons. The van der Waals surface area contributed by atoms with Crippen LogP contribution in [0.3, 0.4) is 0 Å². The predicted molar refractivity (Wildman–Crippen MR) is 80.6 cm³/mol. The van der Waals surface area contributed by atoms with E-state index in [2.05, 4.69) is 17.1 Å². The van der Waals surface area contributed by atoms with Gasteiger partial charge in [0.1, 0.15) is 0 Å². The van der Waals surface area contributed by atoms with Gasteiger partial charge in [0.25, 0.3) is 5.91 Å². The lowest BCUT2D eigenvalue weighted by Gasteiger charge is -2.50. The Morgan fingerprint density at radius 3 is 2.80 bits per heavy atom. The minimum Gasteiger partial charge on any atom is -0.350 e. The van der Waals surface area contributed by atoms with Gasteiger partial charge in [-0.1, -0.05) is 31.5 Å². The fourth-order valence-corrected chi connectivity index (χ4v) is 3.83. The van der Waals surface area contributed by atoms with Crippen molar-refractivity contribution in [1.29, 1.82) is 0 Å². The van der Waals surface area contributed by atoms with Crippen LogP contribution in [0.5, 0.6) is 0 Å². The second-order valence-electron chi connectivity index (χ2n) is 6.18. The van der Waals surface area contributed by atoms with Gasteiger partial charge in [0.05, 0.1) is 0 Å². The quantitative estimate of drug-likeness (QED) is 0.913. The van der Waals surface area contributed by atoms with Gasteiger partial charge in [0, 0.05) is 24.7 Å². The normalized spacial score (nSPS) is 32.0. The first-order valence-corrected chi connectivity index (χ1v) is 7.85. The molecule has 3 nitrogen and oxygen atoms in total. The number of hydrogen-bond donors (Lipinski definition) is 1. The third kappa shape index (κ3) is 2.73. The molecule has 1 unspecified atom stereocenters. The van der Waals surface area contributed by atoms with E-state index in [0.717, 1.165) is 23.9 Å². The number of nitrogens with zero attached hydrogens (tertiary/aromatic N) is 1. The summed E-state index contributed by atoms with van der Waals surface area (Å²) in [4.78, 5) is 14.7. The molecule has 3 aliphatic heterocycles. The molecule has 0 saturated carbocycles. The van der Waals surface area contributed by atoms with E-state index in [1.165, 1.54) is 32.4 Å². The van der Waals surface area contributed by atoms with Crippen molar-refractivity contribution in [3.8, 4) is 0 Å². The number of fused-ring (bicyclic) bond motifs is 3. The van der Waals surface area contributed by atoms with Crippen molar-refractivity contribution in [3.05, 3.63) is 35.9 Å². The lowest BCUT2D eigenvalue weighted by molar-refractivity contribution is 0.000726. The molecule has 2 bridgehead atoms. The first-order valence-electron chi connectivity index (χ1n) is 7.85. The largest absolute Gasteiger partial charge is 0.350 e. The van der Waals surface area contributed by atoms with Crippen molar-refractivity contribution in [3.63, 3.8) is 0 Å². The topological polar surface area (TPSA) is 32.3 Å². The molecule has 3 aliphatic rings. The van der Waals surface area contributed by atoms with Gasteiger partial charge >= 0.3 is 0 Å². The third-order valence-electron chi connectivity index (χ3n) is 5.07. The molecule has 1 N–H and O–H groups in total. The number of benzene rings is 1. The Morgan fingerprint density at radius 1 is 1.35 bits per heavy atom. The van der Waals surface area contributed by atoms with E-state index in [0.29, 0.717) is 6.04 Å². The van der Waals surface area contributed by atoms with E-state index in [9.17, 15) is 4.79 Å². The molecule has 0 aliphatic carbocycles. The van der Waals surface area contributed by atoms with Crippen LogP contribution in [0.4, 0.5) is 0 Å². The Hall–Kier alpha value is -1.35. The van der Waals surface area contributed by atoms with Crippen molar-refractivity contribution in [2.75, 3.05) is 19.6 Å². The lowest BCUT2D eigenvalue weighted by Crippen LogP contribution is -2.56. The van der Waals surface area contributed by atoms with Crippen LogP contribution in [0.2, 0.25) is 0 Å². The first-order chi connectivity index (χ1) is 9.78. The highest BCUT2D eigenvalue weighted by Gasteiger charge is 2.38. The Balaban J connectivity index is 1.54. The highest BCUT2D eigenvalue weighted by molar-refractivity contribution is 5.94. The Bertz CT molecular complexity index is 459. The molecule has 3 heterocycles. The first kappa shape index (κ1) is 13.6. The minimum atomic E-state index is 0.0558. The van der Waals surface area contributed by atoms with Crippen LogP contribution >= 0.6 is 0 Å². The number of carbonyl (C=O) groups is 1. The molecule has 20 heavy (non-hydrogen) atoms. The van der Waals surface area contributed by atoms with Crippen LogP contribution in [0.25, 0.3) is 0 Å². The molecule has 1 aromatic carbocycles. The van der Waals surface area contributed by atoms with Crippen molar-refractivity contribution in [2.45, 2.75) is 32.2 Å². The van der Waals surface area contributed by atoms with E-state index in [-0.39, 0.29) is 5.91 Å². The Labute approximate surface area is 121 Å². The summed E-state index contributed by atoms with van der Waals surface area (Å²) in [7, 11) is 0. The zero-order valence-corrected chi connectivity index (χ0v) is 12.2. The number of carbonyl (C=O) groups excluding carboxylic acids is 1. The fourth-order valence-electron chi connectivity index (χ4n) is 3.83. The molecule has 1 amide bonds. The molecular formula is C17H24N2O. The van der Waals surface area contributed by atoms with Crippen LogP contribution in [-0.4, -0.2) is 36.5 Å². The van der Waals surface area contributed by atoms with E-state index in [4.69, 9.17) is 0 Å². The zero-order valence-electron chi connectivity index (χ0n) is 12.2. The van der Waals surface area contributed by atoms with Crippen molar-refractivity contribution in [2.24, 2.45) is 11.8 Å². The highest BCUT2D eigenvalue weighted by atomic mass is 16.1. The molecule has 1 aromatic rings. The second-order valence-corrected chi connectivity index (χ2v) is 6.18. The SMILES string of the molecule is CC[C@H]1CN2CC[C@H]1C[C@@H]2CNC(=O)c1ccccc1. The van der Waals surface area contributed by atoms with Gasteiger partial charge in [-0.2, -0.15) is 0 Å². The molecule has 4 atom stereocenters. The van der Waals surface area contributed by atoms with E-state index >= 15 is 0 Å². The average Bonchev–Trinajstić information content (AvgIpc) is 2.53. The van der Waals surface area contributed by atoms with Gasteiger partial charge < -0.3 is 5.32 Å². The second kappa shape index (κ2) is 5.96. The third-order valence-corrected chi connectivity index (χ3v) is 5.07. The summed E-state index contributed by atoms with van der Waals surface area (Å²) in [5, 5.41) is 3.11. The summed E-state index contributed by atoms with van der Waals surface area (Å²) in [5.74, 6) is 1.81.